The summed E-state index contributed by atoms with van der Waals surface area (Å²) in [4.78, 5) is 12.1. The van der Waals surface area contributed by atoms with Gasteiger partial charge in [-0.25, -0.2) is 17.9 Å². The first-order valence-corrected chi connectivity index (χ1v) is 8.93. The summed E-state index contributed by atoms with van der Waals surface area (Å²) in [5.41, 5.74) is 1.69. The van der Waals surface area contributed by atoms with Crippen molar-refractivity contribution in [1.82, 2.24) is 0 Å². The fraction of sp³-hybridized carbons (Fsp3) is 0.235. The number of nitrogens with two attached hydrogens (primary N) is 1. The minimum absolute atomic E-state index is 0.108. The lowest BCUT2D eigenvalue weighted by Gasteiger charge is -2.28. The number of benzene rings is 2. The number of carbonyl (C=O) groups is 1. The molecule has 1 aliphatic rings. The van der Waals surface area contributed by atoms with Crippen LogP contribution in [0.4, 0.5) is 4.39 Å². The SMILES string of the molecule is CCOC(=O)CC1(S(N)(=O)=O)c2ccccc2-c2ccc(F)cc21. The van der Waals surface area contributed by atoms with Crippen molar-refractivity contribution in [2.24, 2.45) is 5.14 Å². The number of ether oxygens (including phenoxy) is 1. The molecule has 5 nitrogen and oxygen atoms in total. The van der Waals surface area contributed by atoms with Gasteiger partial charge in [0.25, 0.3) is 0 Å². The van der Waals surface area contributed by atoms with Crippen molar-refractivity contribution in [2.45, 2.75) is 18.1 Å². The first-order valence-electron chi connectivity index (χ1n) is 7.39. The predicted molar refractivity (Wildman–Crippen MR) is 87.0 cm³/mol. The van der Waals surface area contributed by atoms with Crippen LogP contribution in [0.1, 0.15) is 24.5 Å². The number of sulfonamides is 1. The van der Waals surface area contributed by atoms with Gasteiger partial charge in [-0.05, 0) is 41.3 Å². The Balaban J connectivity index is 2.36. The Bertz CT molecular complexity index is 926. The maximum Gasteiger partial charge on any atom is 0.308 e. The molecule has 0 aliphatic heterocycles. The highest BCUT2D eigenvalue weighted by atomic mass is 32.2. The second-order valence-corrected chi connectivity index (χ2v) is 7.38. The molecule has 3 rings (SSSR count). The highest BCUT2D eigenvalue weighted by molar-refractivity contribution is 7.90. The number of hydrogen-bond donors (Lipinski definition) is 1. The molecule has 1 aliphatic carbocycles. The second-order valence-electron chi connectivity index (χ2n) is 5.59. The molecule has 2 aromatic carbocycles. The molecule has 1 atom stereocenters. The Kier molecular flexibility index (Phi) is 3.93. The lowest BCUT2D eigenvalue weighted by atomic mass is 9.92. The smallest absolute Gasteiger partial charge is 0.308 e. The zero-order valence-electron chi connectivity index (χ0n) is 13.0. The Hall–Kier alpha value is -2.25. The number of carbonyl (C=O) groups excluding carboxylic acids is 1. The number of esters is 1. The summed E-state index contributed by atoms with van der Waals surface area (Å²) in [6.07, 6.45) is -0.507. The lowest BCUT2D eigenvalue weighted by Crippen LogP contribution is -2.42. The van der Waals surface area contributed by atoms with Crippen LogP contribution in [0.2, 0.25) is 0 Å². The van der Waals surface area contributed by atoms with Crippen molar-refractivity contribution in [3.8, 4) is 11.1 Å². The minimum Gasteiger partial charge on any atom is -0.466 e. The van der Waals surface area contributed by atoms with E-state index in [2.05, 4.69) is 0 Å². The molecule has 0 bridgehead atoms. The third-order valence-electron chi connectivity index (χ3n) is 4.25. The number of rotatable bonds is 4. The van der Waals surface area contributed by atoms with Crippen molar-refractivity contribution in [3.05, 3.63) is 59.4 Å². The molecular weight excluding hydrogens is 333 g/mol. The summed E-state index contributed by atoms with van der Waals surface area (Å²) in [6.45, 7) is 1.73. The van der Waals surface area contributed by atoms with Crippen LogP contribution in [0, 0.1) is 5.82 Å². The summed E-state index contributed by atoms with van der Waals surface area (Å²) < 4.78 is 42.1. The normalized spacial score (nSPS) is 18.8. The number of halogens is 1. The van der Waals surface area contributed by atoms with Crippen LogP contribution in [0.3, 0.4) is 0 Å². The fourth-order valence-electron chi connectivity index (χ4n) is 3.31. The van der Waals surface area contributed by atoms with Crippen LogP contribution in [-0.2, 0) is 24.3 Å². The highest BCUT2D eigenvalue weighted by Gasteiger charge is 2.53. The van der Waals surface area contributed by atoms with Crippen molar-refractivity contribution in [3.63, 3.8) is 0 Å². The molecule has 0 saturated heterocycles. The van der Waals surface area contributed by atoms with Crippen LogP contribution in [0.5, 0.6) is 0 Å². The molecule has 0 spiro atoms. The third-order valence-corrected chi connectivity index (χ3v) is 5.81. The largest absolute Gasteiger partial charge is 0.466 e. The molecule has 0 radical (unpaired) electrons. The number of fused-ring (bicyclic) bond motifs is 3. The van der Waals surface area contributed by atoms with E-state index in [9.17, 15) is 17.6 Å². The molecule has 0 heterocycles. The highest BCUT2D eigenvalue weighted by Crippen LogP contribution is 2.53. The van der Waals surface area contributed by atoms with E-state index in [1.165, 1.54) is 12.1 Å². The van der Waals surface area contributed by atoms with Gasteiger partial charge in [-0.3, -0.25) is 4.79 Å². The minimum atomic E-state index is -4.29. The van der Waals surface area contributed by atoms with Gasteiger partial charge < -0.3 is 4.74 Å². The van der Waals surface area contributed by atoms with Gasteiger partial charge >= 0.3 is 5.97 Å². The standard InChI is InChI=1S/C17H16FNO4S/c1-2-23-16(20)10-17(24(19,21)22)14-6-4-3-5-12(14)13-8-7-11(18)9-15(13)17/h3-9H,2,10H2,1H3,(H2,19,21,22). The van der Waals surface area contributed by atoms with Gasteiger partial charge in [0.05, 0.1) is 13.0 Å². The van der Waals surface area contributed by atoms with Crippen LogP contribution in [0.25, 0.3) is 11.1 Å². The molecule has 0 amide bonds. The quantitative estimate of drug-likeness (QED) is 0.858. The van der Waals surface area contributed by atoms with E-state index in [-0.39, 0.29) is 12.2 Å². The summed E-state index contributed by atoms with van der Waals surface area (Å²) in [5, 5.41) is 5.54. The predicted octanol–water partition coefficient (Wildman–Crippen LogP) is 2.29. The van der Waals surface area contributed by atoms with E-state index in [0.29, 0.717) is 16.7 Å². The van der Waals surface area contributed by atoms with Crippen LogP contribution in [-0.4, -0.2) is 21.0 Å². The van der Waals surface area contributed by atoms with Gasteiger partial charge in [-0.15, -0.1) is 0 Å². The first kappa shape index (κ1) is 16.6. The van der Waals surface area contributed by atoms with Gasteiger partial charge in [0.2, 0.25) is 10.0 Å². The molecule has 7 heteroatoms. The topological polar surface area (TPSA) is 86.5 Å². The average molecular weight is 349 g/mol. The summed E-state index contributed by atoms with van der Waals surface area (Å²) in [5.74, 6) is -1.31. The van der Waals surface area contributed by atoms with Gasteiger partial charge in [-0.2, -0.15) is 0 Å². The summed E-state index contributed by atoms with van der Waals surface area (Å²) in [7, 11) is -4.29. The molecule has 126 valence electrons. The number of hydrogen-bond acceptors (Lipinski definition) is 4. The van der Waals surface area contributed by atoms with Gasteiger partial charge in [0.1, 0.15) is 10.6 Å². The van der Waals surface area contributed by atoms with Crippen molar-refractivity contribution in [2.75, 3.05) is 6.61 Å². The summed E-state index contributed by atoms with van der Waals surface area (Å²) in [6, 6.07) is 10.6. The van der Waals surface area contributed by atoms with Crippen LogP contribution < -0.4 is 5.14 Å². The maximum absolute atomic E-state index is 13.9. The summed E-state index contributed by atoms with van der Waals surface area (Å²) >= 11 is 0. The Morgan fingerprint density at radius 1 is 1.17 bits per heavy atom. The van der Waals surface area contributed by atoms with E-state index in [1.54, 1.807) is 31.2 Å². The van der Waals surface area contributed by atoms with Gasteiger partial charge in [0.15, 0.2) is 0 Å². The van der Waals surface area contributed by atoms with Gasteiger partial charge in [0, 0.05) is 0 Å². The van der Waals surface area contributed by atoms with E-state index in [4.69, 9.17) is 9.88 Å². The first-order chi connectivity index (χ1) is 11.3. The third kappa shape index (κ3) is 2.32. The Morgan fingerprint density at radius 2 is 1.83 bits per heavy atom. The number of primary sulfonamides is 1. The van der Waals surface area contributed by atoms with E-state index in [0.717, 1.165) is 6.07 Å². The molecule has 0 saturated carbocycles. The Morgan fingerprint density at radius 3 is 2.50 bits per heavy atom. The average Bonchev–Trinajstić information content (AvgIpc) is 2.78. The molecule has 1 unspecified atom stereocenters. The molecule has 24 heavy (non-hydrogen) atoms. The maximum atomic E-state index is 13.9. The van der Waals surface area contributed by atoms with Crippen LogP contribution >= 0.6 is 0 Å². The Labute approximate surface area is 139 Å². The van der Waals surface area contributed by atoms with Crippen molar-refractivity contribution >= 4 is 16.0 Å². The zero-order valence-corrected chi connectivity index (χ0v) is 13.8. The second kappa shape index (κ2) is 5.68. The van der Waals surface area contributed by atoms with E-state index in [1.807, 2.05) is 0 Å². The van der Waals surface area contributed by atoms with E-state index < -0.39 is 33.0 Å². The zero-order chi connectivity index (χ0) is 17.5. The molecule has 0 aromatic heterocycles. The lowest BCUT2D eigenvalue weighted by molar-refractivity contribution is -0.143. The molecule has 0 fully saturated rings. The molecule has 2 N–H and O–H groups in total. The molecule has 2 aromatic rings. The van der Waals surface area contributed by atoms with Crippen molar-refractivity contribution < 1.29 is 22.3 Å². The monoisotopic (exact) mass is 349 g/mol. The van der Waals surface area contributed by atoms with Gasteiger partial charge in [-0.1, -0.05) is 30.3 Å². The van der Waals surface area contributed by atoms with Crippen molar-refractivity contribution in [1.29, 1.82) is 0 Å². The fourth-order valence-corrected chi connectivity index (χ4v) is 4.59. The molecular formula is C17H16FNO4S. The van der Waals surface area contributed by atoms with Crippen LogP contribution in [0.15, 0.2) is 42.5 Å². The van der Waals surface area contributed by atoms with E-state index >= 15 is 0 Å².